The molecule has 1 saturated heterocycles. The largest absolute Gasteiger partial charge is 0.493 e. The molecule has 2 N–H and O–H groups in total. The van der Waals surface area contributed by atoms with Gasteiger partial charge in [-0.25, -0.2) is 4.98 Å². The van der Waals surface area contributed by atoms with Crippen molar-refractivity contribution in [2.45, 2.75) is 39.2 Å². The molecular formula is C18H28N4O2. The van der Waals surface area contributed by atoms with Crippen molar-refractivity contribution in [3.8, 4) is 11.5 Å². The lowest BCUT2D eigenvalue weighted by Crippen LogP contribution is -2.21. The van der Waals surface area contributed by atoms with Crippen LogP contribution in [-0.4, -0.2) is 47.8 Å². The summed E-state index contributed by atoms with van der Waals surface area (Å²) in [4.78, 5) is 6.95. The van der Waals surface area contributed by atoms with Gasteiger partial charge in [0.05, 0.1) is 24.8 Å². The van der Waals surface area contributed by atoms with Crippen molar-refractivity contribution in [2.24, 2.45) is 0 Å². The molecule has 1 aliphatic rings. The van der Waals surface area contributed by atoms with Gasteiger partial charge in [0.25, 0.3) is 0 Å². The number of nitrogen functional groups attached to an aromatic ring is 1. The van der Waals surface area contributed by atoms with Crippen molar-refractivity contribution >= 4 is 17.0 Å². The number of fused-ring (bicyclic) bond motifs is 1. The summed E-state index contributed by atoms with van der Waals surface area (Å²) in [5.41, 5.74) is 7.87. The van der Waals surface area contributed by atoms with Crippen LogP contribution in [0.5, 0.6) is 11.5 Å². The number of likely N-dealkylation sites (tertiary alicyclic amines) is 1. The molecule has 0 unspecified atom stereocenters. The smallest absolute Gasteiger partial charge is 0.201 e. The minimum Gasteiger partial charge on any atom is -0.493 e. The van der Waals surface area contributed by atoms with Crippen LogP contribution in [0.2, 0.25) is 0 Å². The normalized spacial score (nSPS) is 15.5. The highest BCUT2D eigenvalue weighted by Crippen LogP contribution is 2.34. The average Bonchev–Trinajstić information content (AvgIpc) is 3.16. The van der Waals surface area contributed by atoms with E-state index in [2.05, 4.69) is 23.7 Å². The van der Waals surface area contributed by atoms with Crippen molar-refractivity contribution < 1.29 is 9.47 Å². The molecule has 1 aromatic heterocycles. The lowest BCUT2D eigenvalue weighted by atomic mass is 10.2. The third-order valence-electron chi connectivity index (χ3n) is 4.59. The van der Waals surface area contributed by atoms with E-state index in [1.165, 1.54) is 25.9 Å². The molecule has 132 valence electrons. The Morgan fingerprint density at radius 2 is 1.96 bits per heavy atom. The zero-order valence-electron chi connectivity index (χ0n) is 14.9. The number of ether oxygens (including phenoxy) is 2. The molecule has 0 atom stereocenters. The van der Waals surface area contributed by atoms with E-state index < -0.39 is 0 Å². The number of hydrogen-bond donors (Lipinski definition) is 1. The first-order chi connectivity index (χ1) is 11.6. The maximum atomic E-state index is 6.05. The predicted octanol–water partition coefficient (Wildman–Crippen LogP) is 3.07. The van der Waals surface area contributed by atoms with Crippen molar-refractivity contribution in [3.05, 3.63) is 12.1 Å². The van der Waals surface area contributed by atoms with Crippen LogP contribution in [0.25, 0.3) is 11.0 Å². The van der Waals surface area contributed by atoms with Gasteiger partial charge in [0.2, 0.25) is 5.95 Å². The second kappa shape index (κ2) is 7.30. The number of rotatable bonds is 7. The monoisotopic (exact) mass is 332 g/mol. The minimum absolute atomic E-state index is 0.243. The van der Waals surface area contributed by atoms with Crippen LogP contribution in [0.4, 0.5) is 5.95 Å². The number of benzene rings is 1. The summed E-state index contributed by atoms with van der Waals surface area (Å²) in [7, 11) is 1.66. The molecule has 0 amide bonds. The van der Waals surface area contributed by atoms with E-state index in [1.54, 1.807) is 7.11 Å². The lowest BCUT2D eigenvalue weighted by Gasteiger charge is -2.16. The molecule has 3 rings (SSSR count). The summed E-state index contributed by atoms with van der Waals surface area (Å²) >= 11 is 0. The number of anilines is 1. The number of hydrogen-bond acceptors (Lipinski definition) is 5. The molecule has 6 nitrogen and oxygen atoms in total. The highest BCUT2D eigenvalue weighted by molar-refractivity contribution is 5.82. The first kappa shape index (κ1) is 16.9. The maximum absolute atomic E-state index is 6.05. The van der Waals surface area contributed by atoms with Crippen LogP contribution in [0.3, 0.4) is 0 Å². The van der Waals surface area contributed by atoms with Crippen molar-refractivity contribution in [3.63, 3.8) is 0 Å². The van der Waals surface area contributed by atoms with E-state index in [0.717, 1.165) is 35.5 Å². The standard InChI is InChI=1S/C18H28N4O2/c1-13(2)22-15-12-16(23-3)17(11-14(15)20-18(22)19)24-10-6-9-21-7-4-5-8-21/h11-13H,4-10H2,1-3H3,(H2,19,20). The van der Waals surface area contributed by atoms with Gasteiger partial charge in [-0.15, -0.1) is 0 Å². The van der Waals surface area contributed by atoms with E-state index in [-0.39, 0.29) is 6.04 Å². The minimum atomic E-state index is 0.243. The molecule has 0 aliphatic carbocycles. The quantitative estimate of drug-likeness (QED) is 0.789. The molecule has 24 heavy (non-hydrogen) atoms. The number of nitrogens with two attached hydrogens (primary N) is 1. The van der Waals surface area contributed by atoms with Crippen molar-refractivity contribution in [1.82, 2.24) is 14.5 Å². The molecule has 0 bridgehead atoms. The third kappa shape index (κ3) is 3.43. The molecule has 2 heterocycles. The fourth-order valence-corrected chi connectivity index (χ4v) is 3.41. The summed E-state index contributed by atoms with van der Waals surface area (Å²) in [5.74, 6) is 1.98. The second-order valence-electron chi connectivity index (χ2n) is 6.68. The molecule has 6 heteroatoms. The summed E-state index contributed by atoms with van der Waals surface area (Å²) in [6.45, 7) is 8.40. The van der Waals surface area contributed by atoms with Crippen LogP contribution in [0, 0.1) is 0 Å². The summed E-state index contributed by atoms with van der Waals surface area (Å²) in [6.07, 6.45) is 3.67. The fourth-order valence-electron chi connectivity index (χ4n) is 3.41. The van der Waals surface area contributed by atoms with Crippen LogP contribution in [-0.2, 0) is 0 Å². The van der Waals surface area contributed by atoms with Gasteiger partial charge in [0.15, 0.2) is 11.5 Å². The van der Waals surface area contributed by atoms with Crippen LogP contribution in [0.15, 0.2) is 12.1 Å². The van der Waals surface area contributed by atoms with Gasteiger partial charge < -0.3 is 24.7 Å². The second-order valence-corrected chi connectivity index (χ2v) is 6.68. The van der Waals surface area contributed by atoms with Crippen LogP contribution >= 0.6 is 0 Å². The highest BCUT2D eigenvalue weighted by Gasteiger charge is 2.16. The Labute approximate surface area is 143 Å². The Kier molecular flexibility index (Phi) is 5.14. The van der Waals surface area contributed by atoms with E-state index >= 15 is 0 Å². The Hall–Kier alpha value is -1.95. The van der Waals surface area contributed by atoms with E-state index in [4.69, 9.17) is 15.2 Å². The van der Waals surface area contributed by atoms with E-state index in [9.17, 15) is 0 Å². The number of nitrogens with zero attached hydrogens (tertiary/aromatic N) is 3. The Bertz CT molecular complexity index is 690. The Morgan fingerprint density at radius 1 is 1.21 bits per heavy atom. The molecule has 0 spiro atoms. The SMILES string of the molecule is COc1cc2c(cc1OCCCN1CCCC1)nc(N)n2C(C)C. The summed E-state index contributed by atoms with van der Waals surface area (Å²) in [5, 5.41) is 0. The van der Waals surface area contributed by atoms with Gasteiger partial charge in [-0.3, -0.25) is 0 Å². The predicted molar refractivity (Wildman–Crippen MR) is 96.9 cm³/mol. The molecular weight excluding hydrogens is 304 g/mol. The van der Waals surface area contributed by atoms with Gasteiger partial charge in [-0.05, 0) is 46.2 Å². The molecule has 2 aromatic rings. The van der Waals surface area contributed by atoms with Gasteiger partial charge in [0, 0.05) is 24.7 Å². The zero-order valence-corrected chi connectivity index (χ0v) is 14.9. The molecule has 1 aliphatic heterocycles. The van der Waals surface area contributed by atoms with E-state index in [0.29, 0.717) is 12.6 Å². The van der Waals surface area contributed by atoms with Gasteiger partial charge in [-0.2, -0.15) is 0 Å². The topological polar surface area (TPSA) is 65.5 Å². The maximum Gasteiger partial charge on any atom is 0.201 e. The molecule has 1 aromatic carbocycles. The number of aromatic nitrogens is 2. The van der Waals surface area contributed by atoms with Crippen molar-refractivity contribution in [1.29, 1.82) is 0 Å². The zero-order chi connectivity index (χ0) is 17.1. The Balaban J connectivity index is 1.72. The molecule has 1 fully saturated rings. The molecule has 0 saturated carbocycles. The van der Waals surface area contributed by atoms with Gasteiger partial charge in [0.1, 0.15) is 0 Å². The average molecular weight is 332 g/mol. The number of imidazole rings is 1. The summed E-state index contributed by atoms with van der Waals surface area (Å²) < 4.78 is 13.5. The van der Waals surface area contributed by atoms with Gasteiger partial charge >= 0.3 is 0 Å². The van der Waals surface area contributed by atoms with Crippen LogP contribution in [0.1, 0.15) is 39.2 Å². The first-order valence-corrected chi connectivity index (χ1v) is 8.80. The fraction of sp³-hybridized carbons (Fsp3) is 0.611. The number of methoxy groups -OCH3 is 1. The Morgan fingerprint density at radius 3 is 2.62 bits per heavy atom. The third-order valence-corrected chi connectivity index (χ3v) is 4.59. The van der Waals surface area contributed by atoms with Crippen molar-refractivity contribution in [2.75, 3.05) is 39.1 Å². The van der Waals surface area contributed by atoms with Gasteiger partial charge in [-0.1, -0.05) is 0 Å². The highest BCUT2D eigenvalue weighted by atomic mass is 16.5. The van der Waals surface area contributed by atoms with Crippen LogP contribution < -0.4 is 15.2 Å². The first-order valence-electron chi connectivity index (χ1n) is 8.80. The molecule has 0 radical (unpaired) electrons. The van der Waals surface area contributed by atoms with E-state index in [1.807, 2.05) is 16.7 Å². The lowest BCUT2D eigenvalue weighted by molar-refractivity contribution is 0.254. The summed E-state index contributed by atoms with van der Waals surface area (Å²) in [6, 6.07) is 4.14.